The molecule has 1 aromatic carbocycles. The van der Waals surface area contributed by atoms with Crippen LogP contribution in [0.1, 0.15) is 40.0 Å². The van der Waals surface area contributed by atoms with Crippen molar-refractivity contribution in [1.29, 1.82) is 0 Å². The fourth-order valence-electron chi connectivity index (χ4n) is 2.30. The molecule has 0 aromatic heterocycles. The van der Waals surface area contributed by atoms with Gasteiger partial charge in [0.05, 0.1) is 17.0 Å². The Kier molecular flexibility index (Phi) is 8.58. The smallest absolute Gasteiger partial charge is 0.273 e. The van der Waals surface area contributed by atoms with Crippen LogP contribution in [0.25, 0.3) is 0 Å². The number of benzene rings is 1. The third-order valence-corrected chi connectivity index (χ3v) is 3.72. The number of non-ortho nitro benzene ring substituents is 1. The summed E-state index contributed by atoms with van der Waals surface area (Å²) < 4.78 is 5.43. The topological polar surface area (TPSA) is 89.2 Å². The Hall–Kier alpha value is -1.66. The molecular weight excluding hydrogens is 296 g/mol. The van der Waals surface area contributed by atoms with Crippen LogP contribution in [0.5, 0.6) is 5.75 Å². The molecule has 0 aliphatic heterocycles. The summed E-state index contributed by atoms with van der Waals surface area (Å²) in [6.45, 7) is 7.31. The van der Waals surface area contributed by atoms with E-state index in [2.05, 4.69) is 26.1 Å². The zero-order chi connectivity index (χ0) is 17.2. The Morgan fingerprint density at radius 3 is 2.70 bits per heavy atom. The summed E-state index contributed by atoms with van der Waals surface area (Å²) in [5.41, 5.74) is -0.0117. The van der Waals surface area contributed by atoms with Gasteiger partial charge in [-0.05, 0) is 31.7 Å². The molecule has 0 heterocycles. The lowest BCUT2D eigenvalue weighted by molar-refractivity contribution is -0.692. The molecule has 0 fully saturated rings. The fourth-order valence-corrected chi connectivity index (χ4v) is 2.30. The fraction of sp³-hybridized carbons (Fsp3) is 0.647. The van der Waals surface area contributed by atoms with Crippen LogP contribution < -0.4 is 10.1 Å². The van der Waals surface area contributed by atoms with E-state index >= 15 is 0 Å². The molecule has 3 N–H and O–H groups in total. The Morgan fingerprint density at radius 2 is 2.04 bits per heavy atom. The number of rotatable bonds is 11. The van der Waals surface area contributed by atoms with Crippen LogP contribution in [-0.4, -0.2) is 35.3 Å². The van der Waals surface area contributed by atoms with Crippen molar-refractivity contribution < 1.29 is 20.1 Å². The first-order valence-electron chi connectivity index (χ1n) is 8.27. The molecule has 1 rings (SSSR count). The van der Waals surface area contributed by atoms with Gasteiger partial charge in [0.1, 0.15) is 25.0 Å². The summed E-state index contributed by atoms with van der Waals surface area (Å²) >= 11 is 0. The summed E-state index contributed by atoms with van der Waals surface area (Å²) in [6.07, 6.45) is 2.98. The van der Waals surface area contributed by atoms with Crippen LogP contribution in [0.4, 0.5) is 5.69 Å². The number of hydrogen-bond acceptors (Lipinski definition) is 4. The van der Waals surface area contributed by atoms with Crippen LogP contribution in [0, 0.1) is 16.0 Å². The van der Waals surface area contributed by atoms with Crippen molar-refractivity contribution in [2.45, 2.75) is 52.2 Å². The van der Waals surface area contributed by atoms with Gasteiger partial charge in [-0.3, -0.25) is 10.1 Å². The maximum absolute atomic E-state index is 10.7. The Morgan fingerprint density at radius 1 is 1.30 bits per heavy atom. The van der Waals surface area contributed by atoms with Gasteiger partial charge in [-0.2, -0.15) is 0 Å². The Bertz CT molecular complexity index is 479. The minimum Gasteiger partial charge on any atom is -0.490 e. The van der Waals surface area contributed by atoms with E-state index in [0.717, 1.165) is 12.3 Å². The van der Waals surface area contributed by atoms with Crippen molar-refractivity contribution in [2.75, 3.05) is 13.2 Å². The lowest BCUT2D eigenvalue weighted by atomic mass is 10.0. The molecule has 1 aromatic rings. The van der Waals surface area contributed by atoms with Crippen molar-refractivity contribution in [3.05, 3.63) is 34.4 Å². The minimum absolute atomic E-state index is 0.0117. The molecule has 0 saturated heterocycles. The molecule has 0 bridgehead atoms. The summed E-state index contributed by atoms with van der Waals surface area (Å²) in [4.78, 5) is 10.2. The highest BCUT2D eigenvalue weighted by atomic mass is 16.6. The average molecular weight is 325 g/mol. The predicted molar refractivity (Wildman–Crippen MR) is 89.5 cm³/mol. The normalized spacial score (nSPS) is 13.8. The number of ether oxygens (including phenoxy) is 1. The molecule has 0 saturated carbocycles. The average Bonchev–Trinajstić information content (AvgIpc) is 2.50. The molecule has 0 aliphatic rings. The van der Waals surface area contributed by atoms with E-state index in [-0.39, 0.29) is 12.3 Å². The van der Waals surface area contributed by atoms with Gasteiger partial charge in [-0.1, -0.05) is 26.3 Å². The second-order valence-electron chi connectivity index (χ2n) is 6.49. The number of nitrogens with two attached hydrogens (primary N) is 1. The molecule has 2 atom stereocenters. The first kappa shape index (κ1) is 19.4. The first-order valence-corrected chi connectivity index (χ1v) is 8.27. The van der Waals surface area contributed by atoms with Crippen LogP contribution in [-0.2, 0) is 0 Å². The molecule has 6 heteroatoms. The van der Waals surface area contributed by atoms with Crippen LogP contribution in [0.15, 0.2) is 24.3 Å². The summed E-state index contributed by atoms with van der Waals surface area (Å²) in [6, 6.07) is 6.47. The van der Waals surface area contributed by atoms with Gasteiger partial charge in [0.2, 0.25) is 0 Å². The number of quaternary nitrogens is 1. The maximum Gasteiger partial charge on any atom is 0.273 e. The molecule has 6 nitrogen and oxygen atoms in total. The summed E-state index contributed by atoms with van der Waals surface area (Å²) in [5.74, 6) is 1.14. The van der Waals surface area contributed by atoms with Gasteiger partial charge < -0.3 is 15.2 Å². The van der Waals surface area contributed by atoms with Gasteiger partial charge >= 0.3 is 0 Å². The zero-order valence-electron chi connectivity index (χ0n) is 14.3. The van der Waals surface area contributed by atoms with E-state index in [4.69, 9.17) is 4.74 Å². The van der Waals surface area contributed by atoms with Crippen molar-refractivity contribution in [3.63, 3.8) is 0 Å². The highest BCUT2D eigenvalue weighted by molar-refractivity contribution is 5.37. The Balaban J connectivity index is 2.25. The molecule has 0 amide bonds. The van der Waals surface area contributed by atoms with E-state index < -0.39 is 11.0 Å². The molecule has 0 aliphatic carbocycles. The van der Waals surface area contributed by atoms with E-state index in [9.17, 15) is 15.2 Å². The second-order valence-corrected chi connectivity index (χ2v) is 6.49. The number of aliphatic hydroxyl groups excluding tert-OH is 1. The van der Waals surface area contributed by atoms with Crippen molar-refractivity contribution >= 4 is 5.69 Å². The number of aliphatic hydroxyl groups is 1. The molecule has 0 unspecified atom stereocenters. The second kappa shape index (κ2) is 10.2. The highest BCUT2D eigenvalue weighted by Gasteiger charge is 2.12. The number of nitro groups is 1. The van der Waals surface area contributed by atoms with Gasteiger partial charge in [0.25, 0.3) is 5.69 Å². The molecule has 23 heavy (non-hydrogen) atoms. The summed E-state index contributed by atoms with van der Waals surface area (Å²) in [5, 5.41) is 22.8. The third-order valence-electron chi connectivity index (χ3n) is 3.72. The standard InChI is InChI=1S/C17H28N2O4/c1-13(2)6-4-7-14(3)18-11-16(20)12-23-17-9-5-8-15(10-17)19(21)22/h5,8-10,13-14,16,18,20H,4,6-7,11-12H2,1-3H3/p+1/t14-,16+/m0/s1. The van der Waals surface area contributed by atoms with Crippen molar-refractivity contribution in [1.82, 2.24) is 0 Å². The zero-order valence-corrected chi connectivity index (χ0v) is 14.3. The minimum atomic E-state index is -0.596. The van der Waals surface area contributed by atoms with Crippen molar-refractivity contribution in [3.8, 4) is 5.75 Å². The van der Waals surface area contributed by atoms with Gasteiger partial charge in [0.15, 0.2) is 0 Å². The summed E-state index contributed by atoms with van der Waals surface area (Å²) in [7, 11) is 0. The number of hydrogen-bond donors (Lipinski definition) is 2. The van der Waals surface area contributed by atoms with E-state index in [1.807, 2.05) is 0 Å². The third kappa shape index (κ3) is 8.52. The number of nitro benzene ring substituents is 1. The van der Waals surface area contributed by atoms with Gasteiger partial charge in [-0.15, -0.1) is 0 Å². The number of nitrogens with zero attached hydrogens (tertiary/aromatic N) is 1. The van der Waals surface area contributed by atoms with Gasteiger partial charge in [0, 0.05) is 6.07 Å². The van der Waals surface area contributed by atoms with Crippen LogP contribution >= 0.6 is 0 Å². The lowest BCUT2D eigenvalue weighted by Gasteiger charge is -2.15. The lowest BCUT2D eigenvalue weighted by Crippen LogP contribution is -2.91. The van der Waals surface area contributed by atoms with Crippen LogP contribution in [0.3, 0.4) is 0 Å². The largest absolute Gasteiger partial charge is 0.490 e. The van der Waals surface area contributed by atoms with Crippen molar-refractivity contribution in [2.24, 2.45) is 5.92 Å². The predicted octanol–water partition coefficient (Wildman–Crippen LogP) is 2.11. The molecule has 0 radical (unpaired) electrons. The molecule has 130 valence electrons. The maximum atomic E-state index is 10.7. The SMILES string of the molecule is CC(C)CCC[C@H](C)[NH2+]C[C@@H](O)COc1cccc([N+](=O)[O-])c1. The van der Waals surface area contributed by atoms with E-state index in [1.165, 1.54) is 25.0 Å². The highest BCUT2D eigenvalue weighted by Crippen LogP contribution is 2.19. The monoisotopic (exact) mass is 325 g/mol. The van der Waals surface area contributed by atoms with Crippen LogP contribution in [0.2, 0.25) is 0 Å². The van der Waals surface area contributed by atoms with E-state index in [1.54, 1.807) is 12.1 Å². The first-order chi connectivity index (χ1) is 10.9. The molecular formula is C17H29N2O4+. The van der Waals surface area contributed by atoms with E-state index in [0.29, 0.717) is 18.3 Å². The molecule has 0 spiro atoms. The quantitative estimate of drug-likeness (QED) is 0.482. The van der Waals surface area contributed by atoms with Gasteiger partial charge in [-0.25, -0.2) is 0 Å². The Labute approximate surface area is 138 Å².